The molecule has 108 valence electrons. The lowest BCUT2D eigenvalue weighted by atomic mass is 10.1. The van der Waals surface area contributed by atoms with Gasteiger partial charge in [-0.15, -0.1) is 0 Å². The third-order valence-electron chi connectivity index (χ3n) is 4.52. The predicted octanol–water partition coefficient (Wildman–Crippen LogP) is 1.37. The van der Waals surface area contributed by atoms with Crippen LogP contribution in [-0.4, -0.2) is 47.7 Å². The van der Waals surface area contributed by atoms with Crippen molar-refractivity contribution < 1.29 is 19.4 Å². The molecule has 2 atom stereocenters. The van der Waals surface area contributed by atoms with E-state index in [0.717, 1.165) is 12.8 Å². The van der Waals surface area contributed by atoms with Gasteiger partial charge in [0, 0.05) is 19.7 Å². The molecule has 1 heterocycles. The van der Waals surface area contributed by atoms with Crippen LogP contribution in [0.3, 0.4) is 0 Å². The fourth-order valence-corrected chi connectivity index (χ4v) is 3.23. The highest BCUT2D eigenvalue weighted by Gasteiger charge is 2.66. The molecule has 0 bridgehead atoms. The third kappa shape index (κ3) is 2.61. The van der Waals surface area contributed by atoms with E-state index < -0.39 is 17.3 Å². The highest BCUT2D eigenvalue weighted by atomic mass is 16.5. The second kappa shape index (κ2) is 5.12. The highest BCUT2D eigenvalue weighted by Crippen LogP contribution is 2.59. The number of carboxylic acids is 1. The molecule has 2 rings (SSSR count). The minimum Gasteiger partial charge on any atom is -0.481 e. The first-order valence-electron chi connectivity index (χ1n) is 7.02. The van der Waals surface area contributed by atoms with Gasteiger partial charge in [0.15, 0.2) is 0 Å². The average molecular weight is 269 g/mol. The first-order chi connectivity index (χ1) is 8.89. The molecule has 5 heteroatoms. The van der Waals surface area contributed by atoms with Gasteiger partial charge in [0.25, 0.3) is 0 Å². The molecule has 0 aromatic heterocycles. The maximum atomic E-state index is 12.4. The van der Waals surface area contributed by atoms with Crippen molar-refractivity contribution in [3.05, 3.63) is 0 Å². The molecule has 1 N–H and O–H groups in total. The summed E-state index contributed by atoms with van der Waals surface area (Å²) in [5.41, 5.74) is -0.403. The van der Waals surface area contributed by atoms with Crippen LogP contribution in [0.25, 0.3) is 0 Å². The van der Waals surface area contributed by atoms with Gasteiger partial charge in [0.2, 0.25) is 5.91 Å². The second-order valence-electron chi connectivity index (χ2n) is 6.09. The largest absolute Gasteiger partial charge is 0.481 e. The average Bonchev–Trinajstić information content (AvgIpc) is 2.93. The van der Waals surface area contributed by atoms with Crippen LogP contribution in [0, 0.1) is 17.3 Å². The van der Waals surface area contributed by atoms with Gasteiger partial charge in [-0.3, -0.25) is 9.59 Å². The fourth-order valence-electron chi connectivity index (χ4n) is 3.23. The van der Waals surface area contributed by atoms with Crippen LogP contribution in [0.1, 0.15) is 33.6 Å². The lowest BCUT2D eigenvalue weighted by Crippen LogP contribution is -2.42. The van der Waals surface area contributed by atoms with Crippen molar-refractivity contribution in [3.8, 4) is 0 Å². The number of hydrogen-bond donors (Lipinski definition) is 1. The number of piperidine rings is 1. The van der Waals surface area contributed by atoms with Gasteiger partial charge in [-0.1, -0.05) is 13.8 Å². The molecule has 1 aliphatic carbocycles. The van der Waals surface area contributed by atoms with Crippen molar-refractivity contribution >= 4 is 11.9 Å². The monoisotopic (exact) mass is 269 g/mol. The van der Waals surface area contributed by atoms with Crippen LogP contribution < -0.4 is 0 Å². The number of carboxylic acid groups (broad SMARTS) is 1. The van der Waals surface area contributed by atoms with Crippen molar-refractivity contribution in [3.63, 3.8) is 0 Å². The number of aliphatic carboxylic acids is 1. The third-order valence-corrected chi connectivity index (χ3v) is 4.52. The summed E-state index contributed by atoms with van der Waals surface area (Å²) in [6.07, 6.45) is 1.95. The number of hydrogen-bond acceptors (Lipinski definition) is 3. The van der Waals surface area contributed by atoms with Gasteiger partial charge in [-0.2, -0.15) is 0 Å². The van der Waals surface area contributed by atoms with Crippen LogP contribution in [0.2, 0.25) is 0 Å². The van der Waals surface area contributed by atoms with Gasteiger partial charge < -0.3 is 14.7 Å². The van der Waals surface area contributed by atoms with E-state index in [4.69, 9.17) is 9.84 Å². The van der Waals surface area contributed by atoms with E-state index in [1.54, 1.807) is 0 Å². The van der Waals surface area contributed by atoms with Crippen LogP contribution in [0.4, 0.5) is 0 Å². The first-order valence-corrected chi connectivity index (χ1v) is 7.02. The number of rotatable bonds is 4. The van der Waals surface area contributed by atoms with Gasteiger partial charge in [-0.05, 0) is 25.2 Å². The van der Waals surface area contributed by atoms with Crippen LogP contribution >= 0.6 is 0 Å². The molecule has 1 saturated heterocycles. The number of carbonyl (C=O) groups is 2. The van der Waals surface area contributed by atoms with Crippen molar-refractivity contribution in [2.75, 3.05) is 19.7 Å². The zero-order chi connectivity index (χ0) is 14.2. The molecule has 5 nitrogen and oxygen atoms in total. The molecule has 0 radical (unpaired) electrons. The molecule has 0 aromatic carbocycles. The quantitative estimate of drug-likeness (QED) is 0.837. The molecular weight excluding hydrogens is 246 g/mol. The van der Waals surface area contributed by atoms with Crippen molar-refractivity contribution in [1.29, 1.82) is 0 Å². The van der Waals surface area contributed by atoms with Crippen LogP contribution in [0.15, 0.2) is 0 Å². The smallest absolute Gasteiger partial charge is 0.307 e. The Morgan fingerprint density at radius 3 is 2.26 bits per heavy atom. The molecule has 1 amide bonds. The fraction of sp³-hybridized carbons (Fsp3) is 0.857. The predicted molar refractivity (Wildman–Crippen MR) is 69.6 cm³/mol. The minimum absolute atomic E-state index is 0.00680. The normalized spacial score (nSPS) is 30.2. The van der Waals surface area contributed by atoms with E-state index >= 15 is 0 Å². The van der Waals surface area contributed by atoms with Gasteiger partial charge >= 0.3 is 5.97 Å². The summed E-state index contributed by atoms with van der Waals surface area (Å²) in [5.74, 6) is -1.72. The summed E-state index contributed by atoms with van der Waals surface area (Å²) in [5, 5.41) is 9.13. The Bertz CT molecular complexity index is 372. The zero-order valence-electron chi connectivity index (χ0n) is 11.9. The molecule has 2 fully saturated rings. The Morgan fingerprint density at radius 1 is 1.26 bits per heavy atom. The Hall–Kier alpha value is -1.10. The minimum atomic E-state index is -0.854. The van der Waals surface area contributed by atoms with E-state index in [2.05, 4.69) is 0 Å². The Labute approximate surface area is 113 Å². The molecule has 1 aliphatic heterocycles. The number of ether oxygens (including phenoxy) is 1. The molecule has 19 heavy (non-hydrogen) atoms. The summed E-state index contributed by atoms with van der Waals surface area (Å²) in [6, 6.07) is 0. The number of likely N-dealkylation sites (tertiary alicyclic amines) is 1. The topological polar surface area (TPSA) is 66.8 Å². The molecule has 0 unspecified atom stereocenters. The molecule has 1 saturated carbocycles. The second-order valence-corrected chi connectivity index (χ2v) is 6.09. The van der Waals surface area contributed by atoms with Crippen LogP contribution in [0.5, 0.6) is 0 Å². The molecule has 2 aliphatic rings. The van der Waals surface area contributed by atoms with Crippen LogP contribution in [-0.2, 0) is 14.3 Å². The Morgan fingerprint density at radius 2 is 1.84 bits per heavy atom. The van der Waals surface area contributed by atoms with Gasteiger partial charge in [0.1, 0.15) is 0 Å². The van der Waals surface area contributed by atoms with Crippen molar-refractivity contribution in [2.24, 2.45) is 17.3 Å². The maximum Gasteiger partial charge on any atom is 0.307 e. The van der Waals surface area contributed by atoms with E-state index in [0.29, 0.717) is 19.7 Å². The molecule has 0 spiro atoms. The summed E-state index contributed by atoms with van der Waals surface area (Å²) >= 11 is 0. The molecule has 0 aromatic rings. The summed E-state index contributed by atoms with van der Waals surface area (Å²) in [6.45, 7) is 7.77. The van der Waals surface area contributed by atoms with E-state index in [9.17, 15) is 9.59 Å². The highest BCUT2D eigenvalue weighted by molar-refractivity contribution is 5.91. The molecular formula is C14H23NO4. The van der Waals surface area contributed by atoms with Crippen molar-refractivity contribution in [1.82, 2.24) is 4.90 Å². The van der Waals surface area contributed by atoms with Gasteiger partial charge in [-0.25, -0.2) is 0 Å². The van der Waals surface area contributed by atoms with E-state index in [1.807, 2.05) is 25.7 Å². The van der Waals surface area contributed by atoms with Gasteiger partial charge in [0.05, 0.1) is 17.9 Å². The number of amides is 1. The van der Waals surface area contributed by atoms with Crippen molar-refractivity contribution in [2.45, 2.75) is 39.7 Å². The van der Waals surface area contributed by atoms with E-state index in [-0.39, 0.29) is 17.9 Å². The number of nitrogens with zero attached hydrogens (tertiary/aromatic N) is 1. The lowest BCUT2D eigenvalue weighted by molar-refractivity contribution is -0.142. The maximum absolute atomic E-state index is 12.4. The Balaban J connectivity index is 1.91. The zero-order valence-corrected chi connectivity index (χ0v) is 11.9. The summed E-state index contributed by atoms with van der Waals surface area (Å²) < 4.78 is 5.56. The number of carbonyl (C=O) groups excluding carboxylic acids is 1. The SMILES string of the molecule is CCOC1CCN(C(=O)[C@H]2[C@@H](C(=O)O)C2(C)C)CC1. The first kappa shape index (κ1) is 14.3. The summed E-state index contributed by atoms with van der Waals surface area (Å²) in [4.78, 5) is 25.3. The Kier molecular flexibility index (Phi) is 3.85. The summed E-state index contributed by atoms with van der Waals surface area (Å²) in [7, 11) is 0. The van der Waals surface area contributed by atoms with E-state index in [1.165, 1.54) is 0 Å². The lowest BCUT2D eigenvalue weighted by Gasteiger charge is -2.32. The standard InChI is InChI=1S/C14H23NO4/c1-4-19-9-5-7-15(8-6-9)12(16)10-11(13(17)18)14(10,2)3/h9-11H,4-8H2,1-3H3,(H,17,18)/t10-,11+/m1/s1.